The van der Waals surface area contributed by atoms with Crippen LogP contribution in [-0.4, -0.2) is 13.1 Å². The van der Waals surface area contributed by atoms with Crippen molar-refractivity contribution in [2.45, 2.75) is 51.4 Å². The van der Waals surface area contributed by atoms with Crippen LogP contribution in [0.4, 0.5) is 0 Å². The van der Waals surface area contributed by atoms with Crippen molar-refractivity contribution in [1.29, 1.82) is 0 Å². The molecule has 19 heavy (non-hydrogen) atoms. The standard InChI is InChI=1S/C17H26O2/c1-19-17(18)15-11-6-4-2-3-5-8-12-16-13-9-7-10-14-16/h3,5,8,11-12,15-16H,2,4,6-7,9-10,13-14H2,1H3/b5-3+,12-8+,15-11+. The first kappa shape index (κ1) is 15.7. The highest BCUT2D eigenvalue weighted by Crippen LogP contribution is 2.24. The van der Waals surface area contributed by atoms with Gasteiger partial charge >= 0.3 is 5.97 Å². The molecule has 0 aliphatic heterocycles. The molecule has 0 N–H and O–H groups in total. The van der Waals surface area contributed by atoms with Crippen molar-refractivity contribution in [1.82, 2.24) is 0 Å². The van der Waals surface area contributed by atoms with Crippen LogP contribution in [0, 0.1) is 5.92 Å². The van der Waals surface area contributed by atoms with E-state index in [0.717, 1.165) is 25.2 Å². The van der Waals surface area contributed by atoms with Crippen LogP contribution in [0.3, 0.4) is 0 Å². The second-order valence-electron chi connectivity index (χ2n) is 5.07. The average molecular weight is 262 g/mol. The molecule has 0 bridgehead atoms. The Hall–Kier alpha value is -1.31. The number of unbranched alkanes of at least 4 members (excludes halogenated alkanes) is 2. The van der Waals surface area contributed by atoms with Crippen molar-refractivity contribution in [2.75, 3.05) is 7.11 Å². The SMILES string of the molecule is COC(=O)/C=C/CCC/C=C/C=C/C1CCCCC1. The van der Waals surface area contributed by atoms with Crippen LogP contribution in [0.5, 0.6) is 0 Å². The van der Waals surface area contributed by atoms with E-state index in [-0.39, 0.29) is 5.97 Å². The van der Waals surface area contributed by atoms with Crippen LogP contribution in [-0.2, 0) is 9.53 Å². The third kappa shape index (κ3) is 8.41. The summed E-state index contributed by atoms with van der Waals surface area (Å²) in [7, 11) is 1.40. The molecule has 0 heterocycles. The normalized spacial score (nSPS) is 17.7. The maximum absolute atomic E-state index is 10.8. The Bertz CT molecular complexity index is 320. The fourth-order valence-corrected chi connectivity index (χ4v) is 2.32. The van der Waals surface area contributed by atoms with Gasteiger partial charge in [-0.3, -0.25) is 0 Å². The summed E-state index contributed by atoms with van der Waals surface area (Å²) in [5, 5.41) is 0. The number of allylic oxidation sites excluding steroid dienone is 5. The largest absolute Gasteiger partial charge is 0.466 e. The summed E-state index contributed by atoms with van der Waals surface area (Å²) >= 11 is 0. The highest BCUT2D eigenvalue weighted by molar-refractivity contribution is 5.81. The first-order valence-corrected chi connectivity index (χ1v) is 7.40. The summed E-state index contributed by atoms with van der Waals surface area (Å²) in [5.41, 5.74) is 0. The number of ether oxygens (including phenoxy) is 1. The molecule has 106 valence electrons. The van der Waals surface area contributed by atoms with Gasteiger partial charge in [-0.1, -0.05) is 49.6 Å². The van der Waals surface area contributed by atoms with Gasteiger partial charge < -0.3 is 4.74 Å². The number of methoxy groups -OCH3 is 1. The first-order valence-electron chi connectivity index (χ1n) is 7.40. The molecule has 0 aromatic rings. The molecule has 0 atom stereocenters. The predicted octanol–water partition coefficient (Wildman–Crippen LogP) is 4.58. The Kier molecular flexibility index (Phi) is 8.78. The van der Waals surface area contributed by atoms with E-state index in [2.05, 4.69) is 29.0 Å². The van der Waals surface area contributed by atoms with Gasteiger partial charge in [0.1, 0.15) is 0 Å². The molecule has 2 heteroatoms. The van der Waals surface area contributed by atoms with Crippen molar-refractivity contribution in [2.24, 2.45) is 5.92 Å². The third-order valence-electron chi connectivity index (χ3n) is 3.48. The molecular weight excluding hydrogens is 236 g/mol. The van der Waals surface area contributed by atoms with Gasteiger partial charge in [0.25, 0.3) is 0 Å². The van der Waals surface area contributed by atoms with Crippen LogP contribution in [0.2, 0.25) is 0 Å². The second kappa shape index (κ2) is 10.6. The van der Waals surface area contributed by atoms with E-state index < -0.39 is 0 Å². The van der Waals surface area contributed by atoms with Crippen LogP contribution in [0.25, 0.3) is 0 Å². The summed E-state index contributed by atoms with van der Waals surface area (Å²) < 4.78 is 4.52. The van der Waals surface area contributed by atoms with Crippen LogP contribution in [0.15, 0.2) is 36.5 Å². The summed E-state index contributed by atoms with van der Waals surface area (Å²) in [6.45, 7) is 0. The van der Waals surface area contributed by atoms with E-state index >= 15 is 0 Å². The quantitative estimate of drug-likeness (QED) is 0.290. The number of carbonyl (C=O) groups is 1. The fourth-order valence-electron chi connectivity index (χ4n) is 2.32. The molecule has 0 aromatic carbocycles. The number of esters is 1. The van der Waals surface area contributed by atoms with E-state index in [1.54, 1.807) is 0 Å². The molecule has 0 saturated heterocycles. The fraction of sp³-hybridized carbons (Fsp3) is 0.588. The van der Waals surface area contributed by atoms with E-state index in [1.165, 1.54) is 45.3 Å². The molecule has 0 aromatic heterocycles. The zero-order valence-electron chi connectivity index (χ0n) is 12.0. The van der Waals surface area contributed by atoms with E-state index in [4.69, 9.17) is 0 Å². The van der Waals surface area contributed by atoms with Crippen LogP contribution < -0.4 is 0 Å². The van der Waals surface area contributed by atoms with Crippen molar-refractivity contribution in [3.05, 3.63) is 36.5 Å². The zero-order valence-corrected chi connectivity index (χ0v) is 12.0. The van der Waals surface area contributed by atoms with E-state index in [1.807, 2.05) is 6.08 Å². The molecule has 2 nitrogen and oxygen atoms in total. The molecule has 0 amide bonds. The van der Waals surface area contributed by atoms with Gasteiger partial charge in [-0.05, 0) is 38.0 Å². The van der Waals surface area contributed by atoms with E-state index in [9.17, 15) is 4.79 Å². The lowest BCUT2D eigenvalue weighted by atomic mass is 9.89. The molecule has 1 aliphatic rings. The van der Waals surface area contributed by atoms with Crippen molar-refractivity contribution in [3.63, 3.8) is 0 Å². The zero-order chi connectivity index (χ0) is 13.8. The lowest BCUT2D eigenvalue weighted by molar-refractivity contribution is -0.134. The van der Waals surface area contributed by atoms with Crippen molar-refractivity contribution < 1.29 is 9.53 Å². The van der Waals surface area contributed by atoms with Crippen LogP contribution >= 0.6 is 0 Å². The lowest BCUT2D eigenvalue weighted by Crippen LogP contribution is -2.02. The minimum atomic E-state index is -0.272. The van der Waals surface area contributed by atoms with E-state index in [0.29, 0.717) is 0 Å². The Morgan fingerprint density at radius 2 is 1.84 bits per heavy atom. The Morgan fingerprint density at radius 3 is 2.58 bits per heavy atom. The van der Waals surface area contributed by atoms with Crippen molar-refractivity contribution in [3.8, 4) is 0 Å². The number of hydrogen-bond acceptors (Lipinski definition) is 2. The monoisotopic (exact) mass is 262 g/mol. The third-order valence-corrected chi connectivity index (χ3v) is 3.48. The molecule has 1 saturated carbocycles. The van der Waals surface area contributed by atoms with Gasteiger partial charge in [0, 0.05) is 6.08 Å². The molecule has 0 radical (unpaired) electrons. The van der Waals surface area contributed by atoms with Gasteiger partial charge in [-0.25, -0.2) is 4.79 Å². The van der Waals surface area contributed by atoms with Gasteiger partial charge in [0.05, 0.1) is 7.11 Å². The maximum atomic E-state index is 10.8. The lowest BCUT2D eigenvalue weighted by Gasteiger charge is -2.17. The molecule has 1 rings (SSSR count). The van der Waals surface area contributed by atoms with Gasteiger partial charge in [0.2, 0.25) is 0 Å². The van der Waals surface area contributed by atoms with Gasteiger partial charge in [-0.2, -0.15) is 0 Å². The highest BCUT2D eigenvalue weighted by atomic mass is 16.5. The molecule has 0 spiro atoms. The van der Waals surface area contributed by atoms with Crippen LogP contribution in [0.1, 0.15) is 51.4 Å². The minimum Gasteiger partial charge on any atom is -0.466 e. The first-order chi connectivity index (χ1) is 9.33. The minimum absolute atomic E-state index is 0.272. The number of rotatable bonds is 7. The van der Waals surface area contributed by atoms with Crippen molar-refractivity contribution >= 4 is 5.97 Å². The Morgan fingerprint density at radius 1 is 1.11 bits per heavy atom. The maximum Gasteiger partial charge on any atom is 0.330 e. The summed E-state index contributed by atoms with van der Waals surface area (Å²) in [5.74, 6) is 0.535. The second-order valence-corrected chi connectivity index (χ2v) is 5.07. The molecule has 1 aliphatic carbocycles. The summed E-state index contributed by atoms with van der Waals surface area (Å²) in [4.78, 5) is 10.8. The average Bonchev–Trinajstić information content (AvgIpc) is 2.46. The highest BCUT2D eigenvalue weighted by Gasteiger charge is 2.08. The smallest absolute Gasteiger partial charge is 0.330 e. The molecular formula is C17H26O2. The Labute approximate surface area is 117 Å². The van der Waals surface area contributed by atoms with Gasteiger partial charge in [0.15, 0.2) is 0 Å². The number of carbonyl (C=O) groups excluding carboxylic acids is 1. The molecule has 0 unspecified atom stereocenters. The predicted molar refractivity (Wildman–Crippen MR) is 79.9 cm³/mol. The number of hydrogen-bond donors (Lipinski definition) is 0. The summed E-state index contributed by atoms with van der Waals surface area (Å²) in [6.07, 6.45) is 22.2. The summed E-state index contributed by atoms with van der Waals surface area (Å²) in [6, 6.07) is 0. The molecule has 1 fully saturated rings. The van der Waals surface area contributed by atoms with Gasteiger partial charge in [-0.15, -0.1) is 0 Å². The topological polar surface area (TPSA) is 26.3 Å². The Balaban J connectivity index is 2.02.